The van der Waals surface area contributed by atoms with Gasteiger partial charge in [-0.15, -0.1) is 16.8 Å². The lowest BCUT2D eigenvalue weighted by molar-refractivity contribution is -0.113. The SMILES string of the molecule is C=CCn1c(SCC(=O)Nc2c(Cl)cccc2Cl)nnc1-c1ccoc1C. The molecule has 2 heterocycles. The topological polar surface area (TPSA) is 73.0 Å². The molecule has 0 aliphatic carbocycles. The molecule has 6 nitrogen and oxygen atoms in total. The van der Waals surface area contributed by atoms with E-state index in [1.54, 1.807) is 30.5 Å². The van der Waals surface area contributed by atoms with Gasteiger partial charge in [-0.25, -0.2) is 0 Å². The minimum Gasteiger partial charge on any atom is -0.469 e. The van der Waals surface area contributed by atoms with Crippen molar-refractivity contribution in [3.63, 3.8) is 0 Å². The molecule has 0 aliphatic rings. The van der Waals surface area contributed by atoms with Gasteiger partial charge in [0.15, 0.2) is 11.0 Å². The first-order chi connectivity index (χ1) is 13.0. The summed E-state index contributed by atoms with van der Waals surface area (Å²) in [5, 5.41) is 12.5. The molecule has 0 fully saturated rings. The van der Waals surface area contributed by atoms with Crippen molar-refractivity contribution in [2.45, 2.75) is 18.6 Å². The van der Waals surface area contributed by atoms with Gasteiger partial charge in [-0.05, 0) is 25.1 Å². The smallest absolute Gasteiger partial charge is 0.234 e. The first-order valence-corrected chi connectivity index (χ1v) is 9.70. The fourth-order valence-electron chi connectivity index (χ4n) is 2.43. The Labute approximate surface area is 170 Å². The van der Waals surface area contributed by atoms with Crippen LogP contribution >= 0.6 is 35.0 Å². The number of hydrogen-bond donors (Lipinski definition) is 1. The van der Waals surface area contributed by atoms with Crippen molar-refractivity contribution in [1.29, 1.82) is 0 Å². The number of benzene rings is 1. The van der Waals surface area contributed by atoms with E-state index in [2.05, 4.69) is 22.1 Å². The number of thioether (sulfide) groups is 1. The third kappa shape index (κ3) is 4.37. The zero-order chi connectivity index (χ0) is 19.4. The van der Waals surface area contributed by atoms with Gasteiger partial charge in [0.05, 0.1) is 33.3 Å². The summed E-state index contributed by atoms with van der Waals surface area (Å²) in [5.41, 5.74) is 1.25. The van der Waals surface area contributed by atoms with Gasteiger partial charge in [0, 0.05) is 6.54 Å². The number of carbonyl (C=O) groups excluding carboxylic acids is 1. The van der Waals surface area contributed by atoms with Crippen molar-refractivity contribution in [1.82, 2.24) is 14.8 Å². The van der Waals surface area contributed by atoms with Gasteiger partial charge >= 0.3 is 0 Å². The fourth-order valence-corrected chi connectivity index (χ4v) is 3.67. The van der Waals surface area contributed by atoms with Gasteiger partial charge < -0.3 is 9.73 Å². The molecule has 1 N–H and O–H groups in total. The van der Waals surface area contributed by atoms with E-state index in [1.165, 1.54) is 11.8 Å². The minimum absolute atomic E-state index is 0.126. The number of furan rings is 1. The van der Waals surface area contributed by atoms with Gasteiger partial charge in [-0.1, -0.05) is 47.1 Å². The number of para-hydroxylation sites is 1. The molecule has 0 saturated heterocycles. The van der Waals surface area contributed by atoms with Crippen LogP contribution < -0.4 is 5.32 Å². The summed E-state index contributed by atoms with van der Waals surface area (Å²) in [4.78, 5) is 12.3. The summed E-state index contributed by atoms with van der Waals surface area (Å²) in [6, 6.07) is 6.87. The van der Waals surface area contributed by atoms with Gasteiger partial charge in [-0.3, -0.25) is 9.36 Å². The Kier molecular flexibility index (Phi) is 6.26. The lowest BCUT2D eigenvalue weighted by atomic mass is 10.2. The third-order valence-corrected chi connectivity index (χ3v) is 5.28. The molecule has 0 radical (unpaired) electrons. The van der Waals surface area contributed by atoms with E-state index in [0.717, 1.165) is 11.3 Å². The standard InChI is InChI=1S/C18H16Cl2N4O2S/c1-3-8-24-17(12-7-9-26-11(12)2)22-23-18(24)27-10-15(25)21-16-13(19)5-4-6-14(16)20/h3-7,9H,1,8,10H2,2H3,(H,21,25). The second kappa shape index (κ2) is 8.65. The van der Waals surface area contributed by atoms with Crippen LogP contribution in [-0.2, 0) is 11.3 Å². The molecule has 0 saturated carbocycles. The summed E-state index contributed by atoms with van der Waals surface area (Å²) in [5.74, 6) is 1.29. The van der Waals surface area contributed by atoms with Crippen molar-refractivity contribution in [3.8, 4) is 11.4 Å². The van der Waals surface area contributed by atoms with E-state index in [4.69, 9.17) is 27.6 Å². The van der Waals surface area contributed by atoms with Gasteiger partial charge in [0.2, 0.25) is 5.91 Å². The molecule has 0 spiro atoms. The Bertz CT molecular complexity index is 963. The fraction of sp³-hybridized carbons (Fsp3) is 0.167. The maximum atomic E-state index is 12.3. The number of nitrogens with one attached hydrogen (secondary N) is 1. The van der Waals surface area contributed by atoms with Crippen LogP contribution in [0, 0.1) is 6.92 Å². The Hall–Kier alpha value is -2.22. The highest BCUT2D eigenvalue weighted by Gasteiger charge is 2.18. The van der Waals surface area contributed by atoms with Crippen molar-refractivity contribution >= 4 is 46.6 Å². The Balaban J connectivity index is 1.74. The number of rotatable bonds is 7. The van der Waals surface area contributed by atoms with Crippen molar-refractivity contribution < 1.29 is 9.21 Å². The number of aromatic nitrogens is 3. The number of hydrogen-bond acceptors (Lipinski definition) is 5. The monoisotopic (exact) mass is 422 g/mol. The second-order valence-corrected chi connectivity index (χ2v) is 7.29. The molecule has 1 aromatic carbocycles. The van der Waals surface area contributed by atoms with Gasteiger partial charge in [-0.2, -0.15) is 0 Å². The number of allylic oxidation sites excluding steroid dienone is 1. The molecule has 2 aromatic heterocycles. The highest BCUT2D eigenvalue weighted by atomic mass is 35.5. The van der Waals surface area contributed by atoms with E-state index in [9.17, 15) is 4.79 Å². The van der Waals surface area contributed by atoms with Crippen LogP contribution in [0.4, 0.5) is 5.69 Å². The van der Waals surface area contributed by atoms with E-state index >= 15 is 0 Å². The average molecular weight is 423 g/mol. The number of nitrogens with zero attached hydrogens (tertiary/aromatic N) is 3. The number of carbonyl (C=O) groups is 1. The zero-order valence-corrected chi connectivity index (χ0v) is 16.7. The Morgan fingerprint density at radius 1 is 1.33 bits per heavy atom. The van der Waals surface area contributed by atoms with Crippen LogP contribution in [0.1, 0.15) is 5.76 Å². The highest BCUT2D eigenvalue weighted by molar-refractivity contribution is 7.99. The largest absolute Gasteiger partial charge is 0.469 e. The first-order valence-electron chi connectivity index (χ1n) is 7.96. The Morgan fingerprint density at radius 2 is 2.07 bits per heavy atom. The van der Waals surface area contributed by atoms with Gasteiger partial charge in [0.1, 0.15) is 5.76 Å². The van der Waals surface area contributed by atoms with Crippen LogP contribution in [0.2, 0.25) is 10.0 Å². The predicted octanol–water partition coefficient (Wildman–Crippen LogP) is 5.07. The minimum atomic E-state index is -0.246. The van der Waals surface area contributed by atoms with Crippen LogP contribution in [-0.4, -0.2) is 26.4 Å². The molecular formula is C18H16Cl2N4O2S. The molecule has 27 heavy (non-hydrogen) atoms. The number of amides is 1. The molecule has 1 amide bonds. The van der Waals surface area contributed by atoms with Crippen LogP contribution in [0.5, 0.6) is 0 Å². The third-order valence-electron chi connectivity index (χ3n) is 3.69. The van der Waals surface area contributed by atoms with Crippen molar-refractivity contribution in [3.05, 3.63) is 59.0 Å². The predicted molar refractivity (Wildman–Crippen MR) is 108 cm³/mol. The lowest BCUT2D eigenvalue weighted by Crippen LogP contribution is -2.15. The van der Waals surface area contributed by atoms with Crippen LogP contribution in [0.25, 0.3) is 11.4 Å². The normalized spacial score (nSPS) is 10.8. The summed E-state index contributed by atoms with van der Waals surface area (Å²) in [6.45, 7) is 6.14. The molecule has 3 rings (SSSR count). The second-order valence-electron chi connectivity index (χ2n) is 5.53. The van der Waals surface area contributed by atoms with Gasteiger partial charge in [0.25, 0.3) is 0 Å². The van der Waals surface area contributed by atoms with Crippen LogP contribution in [0.3, 0.4) is 0 Å². The Morgan fingerprint density at radius 3 is 2.70 bits per heavy atom. The first kappa shape index (κ1) is 19.5. The van der Waals surface area contributed by atoms with E-state index < -0.39 is 0 Å². The molecule has 0 atom stereocenters. The molecule has 140 valence electrons. The summed E-state index contributed by atoms with van der Waals surface area (Å²) in [7, 11) is 0. The zero-order valence-electron chi connectivity index (χ0n) is 14.4. The maximum absolute atomic E-state index is 12.3. The molecule has 9 heteroatoms. The summed E-state index contributed by atoms with van der Waals surface area (Å²) < 4.78 is 7.23. The summed E-state index contributed by atoms with van der Waals surface area (Å²) >= 11 is 13.4. The summed E-state index contributed by atoms with van der Waals surface area (Å²) in [6.07, 6.45) is 3.35. The molecular weight excluding hydrogens is 407 g/mol. The lowest BCUT2D eigenvalue weighted by Gasteiger charge is -2.09. The number of halogens is 2. The van der Waals surface area contributed by atoms with E-state index in [-0.39, 0.29) is 11.7 Å². The molecule has 3 aromatic rings. The molecule has 0 bridgehead atoms. The maximum Gasteiger partial charge on any atom is 0.234 e. The molecule has 0 unspecified atom stereocenters. The van der Waals surface area contributed by atoms with Crippen LogP contribution in [0.15, 0.2) is 52.8 Å². The van der Waals surface area contributed by atoms with Crippen molar-refractivity contribution in [2.75, 3.05) is 11.1 Å². The van der Waals surface area contributed by atoms with E-state index in [0.29, 0.717) is 33.3 Å². The average Bonchev–Trinajstić information content (AvgIpc) is 3.23. The molecule has 0 aliphatic heterocycles. The van der Waals surface area contributed by atoms with E-state index in [1.807, 2.05) is 17.6 Å². The number of aryl methyl sites for hydroxylation is 1. The highest BCUT2D eigenvalue weighted by Crippen LogP contribution is 2.31. The number of anilines is 1. The quantitative estimate of drug-likeness (QED) is 0.424. The van der Waals surface area contributed by atoms with Crippen molar-refractivity contribution in [2.24, 2.45) is 0 Å².